The smallest absolute Gasteiger partial charge is 0.224 e. The van der Waals surface area contributed by atoms with Crippen LogP contribution in [0.5, 0.6) is 0 Å². The molecule has 1 aliphatic rings. The third-order valence-corrected chi connectivity index (χ3v) is 1.37. The molecule has 2 N–H and O–H groups in total. The fraction of sp³-hybridized carbons (Fsp3) is 0.500. The van der Waals surface area contributed by atoms with E-state index in [1.807, 2.05) is 5.92 Å². The molecule has 1 saturated carbocycles. The fourth-order valence-electron chi connectivity index (χ4n) is 0.505. The number of ketones is 1. The van der Waals surface area contributed by atoms with E-state index in [1.165, 1.54) is 0 Å². The molecule has 2 heteroatoms. The van der Waals surface area contributed by atoms with Gasteiger partial charge in [0.25, 0.3) is 0 Å². The van der Waals surface area contributed by atoms with Crippen LogP contribution in [0.3, 0.4) is 0 Å². The van der Waals surface area contributed by atoms with Gasteiger partial charge in [-0.1, -0.05) is 0 Å². The largest absolute Gasteiger partial charge is 0.318 e. The predicted molar refractivity (Wildman–Crippen MR) is 30.0 cm³/mol. The van der Waals surface area contributed by atoms with Crippen LogP contribution in [0.25, 0.3) is 0 Å². The van der Waals surface area contributed by atoms with E-state index >= 15 is 0 Å². The van der Waals surface area contributed by atoms with Gasteiger partial charge >= 0.3 is 0 Å². The van der Waals surface area contributed by atoms with Crippen molar-refractivity contribution in [1.82, 2.24) is 0 Å². The lowest BCUT2D eigenvalue weighted by Crippen LogP contribution is -2.31. The van der Waals surface area contributed by atoms with Crippen molar-refractivity contribution in [2.24, 2.45) is 5.73 Å². The number of carbonyl (C=O) groups excluding carboxylic acids is 1. The van der Waals surface area contributed by atoms with Gasteiger partial charge in [0.2, 0.25) is 5.78 Å². The molecule has 0 spiro atoms. The van der Waals surface area contributed by atoms with Gasteiger partial charge in [0, 0.05) is 0 Å². The molecule has 0 unspecified atom stereocenters. The second-order valence-electron chi connectivity index (χ2n) is 2.13. The van der Waals surface area contributed by atoms with Crippen LogP contribution in [-0.2, 0) is 4.79 Å². The first-order valence-corrected chi connectivity index (χ1v) is 2.49. The quantitative estimate of drug-likeness (QED) is 0.370. The highest BCUT2D eigenvalue weighted by Gasteiger charge is 2.44. The first-order valence-electron chi connectivity index (χ1n) is 2.49. The summed E-state index contributed by atoms with van der Waals surface area (Å²) in [6.45, 7) is 0. The molecule has 0 saturated heterocycles. The predicted octanol–water partition coefficient (Wildman–Crippen LogP) is -0.320. The molecule has 2 nitrogen and oxygen atoms in total. The van der Waals surface area contributed by atoms with Gasteiger partial charge < -0.3 is 5.73 Å². The summed E-state index contributed by atoms with van der Waals surface area (Å²) >= 11 is 0. The van der Waals surface area contributed by atoms with Crippen molar-refractivity contribution in [2.45, 2.75) is 18.4 Å². The molecule has 0 bridgehead atoms. The van der Waals surface area contributed by atoms with E-state index in [9.17, 15) is 4.79 Å². The topological polar surface area (TPSA) is 43.1 Å². The van der Waals surface area contributed by atoms with E-state index in [2.05, 4.69) is 0 Å². The Balaban J connectivity index is 2.63. The maximum atomic E-state index is 10.5. The van der Waals surface area contributed by atoms with Gasteiger partial charge in [0.15, 0.2) is 0 Å². The molecule has 1 fully saturated rings. The van der Waals surface area contributed by atoms with Gasteiger partial charge in [-0.3, -0.25) is 4.79 Å². The van der Waals surface area contributed by atoms with Crippen LogP contribution < -0.4 is 5.73 Å². The minimum absolute atomic E-state index is 0.252. The number of nitrogens with two attached hydrogens (primary N) is 1. The highest BCUT2D eigenvalue weighted by molar-refractivity contribution is 6.04. The third-order valence-electron chi connectivity index (χ3n) is 1.37. The van der Waals surface area contributed by atoms with Gasteiger partial charge in [-0.15, -0.1) is 6.42 Å². The molecule has 0 atom stereocenters. The summed E-state index contributed by atoms with van der Waals surface area (Å²) in [6, 6.07) is 0. The molecular weight excluding hydrogens is 102 g/mol. The zero-order chi connectivity index (χ0) is 6.20. The molecule has 1 aliphatic carbocycles. The van der Waals surface area contributed by atoms with Crippen molar-refractivity contribution >= 4 is 5.78 Å². The second kappa shape index (κ2) is 1.33. The first-order chi connectivity index (χ1) is 3.69. The summed E-state index contributed by atoms with van der Waals surface area (Å²) in [5, 5.41) is 0. The number of Topliss-reactive ketones (excluding diaryl/α,β-unsaturated/α-hetero) is 1. The Bertz CT molecular complexity index is 162. The Morgan fingerprint density at radius 1 is 1.75 bits per heavy atom. The van der Waals surface area contributed by atoms with Crippen molar-refractivity contribution in [1.29, 1.82) is 0 Å². The lowest BCUT2D eigenvalue weighted by molar-refractivity contribution is -0.115. The molecule has 1 rings (SSSR count). The molecule has 0 aliphatic heterocycles. The van der Waals surface area contributed by atoms with Crippen LogP contribution in [0.1, 0.15) is 12.8 Å². The minimum atomic E-state index is -0.616. The Morgan fingerprint density at radius 2 is 2.25 bits per heavy atom. The molecule has 0 amide bonds. The summed E-state index contributed by atoms with van der Waals surface area (Å²) in [7, 11) is 0. The summed E-state index contributed by atoms with van der Waals surface area (Å²) in [6.07, 6.45) is 6.34. The number of hydrogen-bond donors (Lipinski definition) is 1. The maximum Gasteiger partial charge on any atom is 0.224 e. The van der Waals surface area contributed by atoms with Crippen molar-refractivity contribution in [2.75, 3.05) is 0 Å². The standard InChI is InChI=1S/C6H7NO/c1-2-5(8)6(7)3-4-6/h1H,3-4,7H2. The molecule has 0 radical (unpaired) electrons. The van der Waals surface area contributed by atoms with E-state index in [0.29, 0.717) is 0 Å². The van der Waals surface area contributed by atoms with E-state index in [-0.39, 0.29) is 5.78 Å². The molecule has 8 heavy (non-hydrogen) atoms. The highest BCUT2D eigenvalue weighted by atomic mass is 16.1. The summed E-state index contributed by atoms with van der Waals surface area (Å²) in [4.78, 5) is 10.5. The van der Waals surface area contributed by atoms with Crippen molar-refractivity contribution in [3.05, 3.63) is 0 Å². The summed E-state index contributed by atoms with van der Waals surface area (Å²) < 4.78 is 0. The maximum absolute atomic E-state index is 10.5. The Kier molecular flexibility index (Phi) is 0.887. The first kappa shape index (κ1) is 5.33. The van der Waals surface area contributed by atoms with Crippen molar-refractivity contribution in [3.8, 4) is 12.3 Å². The minimum Gasteiger partial charge on any atom is -0.318 e. The zero-order valence-corrected chi connectivity index (χ0v) is 4.48. The number of carbonyl (C=O) groups is 1. The van der Waals surface area contributed by atoms with Crippen LogP contribution in [-0.4, -0.2) is 11.3 Å². The molecule has 0 aromatic carbocycles. The Labute approximate surface area is 48.1 Å². The fourth-order valence-corrected chi connectivity index (χ4v) is 0.505. The third kappa shape index (κ3) is 0.613. The average Bonchev–Trinajstić information content (AvgIpc) is 2.47. The molecule has 42 valence electrons. The molecule has 0 heterocycles. The lowest BCUT2D eigenvalue weighted by atomic mass is 10.2. The highest BCUT2D eigenvalue weighted by Crippen LogP contribution is 2.32. The second-order valence-corrected chi connectivity index (χ2v) is 2.13. The lowest BCUT2D eigenvalue weighted by Gasteiger charge is -1.96. The zero-order valence-electron chi connectivity index (χ0n) is 4.48. The van der Waals surface area contributed by atoms with Gasteiger partial charge in [-0.25, -0.2) is 0 Å². The van der Waals surface area contributed by atoms with Crippen LogP contribution in [0, 0.1) is 12.3 Å². The van der Waals surface area contributed by atoms with Crippen molar-refractivity contribution in [3.63, 3.8) is 0 Å². The average molecular weight is 109 g/mol. The number of rotatable bonds is 1. The number of terminal acetylenes is 1. The van der Waals surface area contributed by atoms with Crippen LogP contribution in [0.4, 0.5) is 0 Å². The number of hydrogen-bond acceptors (Lipinski definition) is 2. The molecule has 0 aromatic heterocycles. The van der Waals surface area contributed by atoms with Gasteiger partial charge in [0.05, 0.1) is 5.54 Å². The van der Waals surface area contributed by atoms with Gasteiger partial charge in [-0.05, 0) is 18.8 Å². The normalized spacial score (nSPS) is 21.5. The van der Waals surface area contributed by atoms with Crippen LogP contribution in [0.15, 0.2) is 0 Å². The van der Waals surface area contributed by atoms with Gasteiger partial charge in [-0.2, -0.15) is 0 Å². The van der Waals surface area contributed by atoms with E-state index in [1.54, 1.807) is 0 Å². The van der Waals surface area contributed by atoms with E-state index < -0.39 is 5.54 Å². The SMILES string of the molecule is C#CC(=O)C1(N)CC1. The summed E-state index contributed by atoms with van der Waals surface area (Å²) in [5.41, 5.74) is 4.79. The monoisotopic (exact) mass is 109 g/mol. The van der Waals surface area contributed by atoms with Crippen LogP contribution in [0.2, 0.25) is 0 Å². The summed E-state index contributed by atoms with van der Waals surface area (Å²) in [5.74, 6) is 1.75. The Morgan fingerprint density at radius 3 is 2.38 bits per heavy atom. The van der Waals surface area contributed by atoms with Crippen molar-refractivity contribution < 1.29 is 4.79 Å². The van der Waals surface area contributed by atoms with Gasteiger partial charge in [0.1, 0.15) is 0 Å². The van der Waals surface area contributed by atoms with E-state index in [0.717, 1.165) is 12.8 Å². The Hall–Kier alpha value is -0.810. The van der Waals surface area contributed by atoms with Crippen LogP contribution >= 0.6 is 0 Å². The molecule has 0 aromatic rings. The molecular formula is C6H7NO. The van der Waals surface area contributed by atoms with E-state index in [4.69, 9.17) is 12.2 Å².